The lowest BCUT2D eigenvalue weighted by atomic mass is 10.0. The highest BCUT2D eigenvalue weighted by Crippen LogP contribution is 2.43. The zero-order valence-electron chi connectivity index (χ0n) is 25.5. The SMILES string of the molecule is Cc1ccc2c3ccc(-c4ccc5c(c4)c4ccccc4n5-c4ccccc4)cc3n(-c3cccc4c3Cc3ccccc3-4)c2c1. The third-order valence-electron chi connectivity index (χ3n) is 10.0. The third kappa shape index (κ3) is 3.59. The molecule has 0 saturated heterocycles. The summed E-state index contributed by atoms with van der Waals surface area (Å²) in [6.07, 6.45) is 0.955. The third-order valence-corrected chi connectivity index (χ3v) is 10.0. The molecule has 10 rings (SSSR count). The minimum Gasteiger partial charge on any atom is -0.309 e. The van der Waals surface area contributed by atoms with Gasteiger partial charge in [-0.05, 0) is 94.4 Å². The Hall–Kier alpha value is -5.86. The molecule has 0 N–H and O–H groups in total. The fraction of sp³-hybridized carbons (Fsp3) is 0.0455. The first kappa shape index (κ1) is 25.5. The number of hydrogen-bond acceptors (Lipinski definition) is 0. The van der Waals surface area contributed by atoms with Crippen molar-refractivity contribution < 1.29 is 0 Å². The quantitative estimate of drug-likeness (QED) is 0.195. The predicted molar refractivity (Wildman–Crippen MR) is 194 cm³/mol. The first-order valence-corrected chi connectivity index (χ1v) is 16.1. The lowest BCUT2D eigenvalue weighted by molar-refractivity contribution is 1.12. The number of aromatic nitrogens is 2. The van der Waals surface area contributed by atoms with E-state index in [4.69, 9.17) is 0 Å². The number of benzene rings is 7. The maximum absolute atomic E-state index is 2.52. The Morgan fingerprint density at radius 2 is 1.11 bits per heavy atom. The summed E-state index contributed by atoms with van der Waals surface area (Å²) in [5.74, 6) is 0. The van der Waals surface area contributed by atoms with Gasteiger partial charge in [-0.25, -0.2) is 0 Å². The van der Waals surface area contributed by atoms with Crippen molar-refractivity contribution >= 4 is 43.6 Å². The van der Waals surface area contributed by atoms with Gasteiger partial charge in [0.15, 0.2) is 0 Å². The zero-order valence-corrected chi connectivity index (χ0v) is 25.5. The van der Waals surface area contributed by atoms with Gasteiger partial charge in [-0.1, -0.05) is 103 Å². The normalized spacial score (nSPS) is 12.4. The van der Waals surface area contributed by atoms with Crippen molar-refractivity contribution in [3.8, 4) is 33.6 Å². The molecule has 2 nitrogen and oxygen atoms in total. The van der Waals surface area contributed by atoms with Gasteiger partial charge in [-0.2, -0.15) is 0 Å². The molecule has 0 saturated carbocycles. The Kier molecular flexibility index (Phi) is 5.30. The van der Waals surface area contributed by atoms with E-state index in [1.807, 2.05) is 0 Å². The summed E-state index contributed by atoms with van der Waals surface area (Å²) in [6.45, 7) is 2.19. The Balaban J connectivity index is 1.21. The van der Waals surface area contributed by atoms with Gasteiger partial charge in [-0.15, -0.1) is 0 Å². The molecule has 0 spiro atoms. The molecule has 1 aliphatic rings. The van der Waals surface area contributed by atoms with E-state index < -0.39 is 0 Å². The number of fused-ring (bicyclic) bond motifs is 9. The van der Waals surface area contributed by atoms with E-state index in [0.29, 0.717) is 0 Å². The zero-order chi connectivity index (χ0) is 30.4. The van der Waals surface area contributed by atoms with Crippen LogP contribution in [0.3, 0.4) is 0 Å². The van der Waals surface area contributed by atoms with Crippen molar-refractivity contribution in [2.75, 3.05) is 0 Å². The fourth-order valence-electron chi connectivity index (χ4n) is 7.93. The molecule has 0 aliphatic heterocycles. The molecule has 0 bridgehead atoms. The Morgan fingerprint density at radius 1 is 0.435 bits per heavy atom. The van der Waals surface area contributed by atoms with Gasteiger partial charge in [0.25, 0.3) is 0 Å². The van der Waals surface area contributed by atoms with Crippen LogP contribution in [-0.4, -0.2) is 9.13 Å². The van der Waals surface area contributed by atoms with E-state index in [1.165, 1.54) is 93.9 Å². The smallest absolute Gasteiger partial charge is 0.0547 e. The molecule has 0 radical (unpaired) electrons. The van der Waals surface area contributed by atoms with Gasteiger partial charge >= 0.3 is 0 Å². The van der Waals surface area contributed by atoms with Gasteiger partial charge < -0.3 is 9.13 Å². The van der Waals surface area contributed by atoms with Crippen molar-refractivity contribution in [2.45, 2.75) is 13.3 Å². The number of hydrogen-bond donors (Lipinski definition) is 0. The molecular weight excluding hydrogens is 556 g/mol. The Labute approximate surface area is 267 Å². The molecule has 0 unspecified atom stereocenters. The standard InChI is InChI=1S/C44H30N2/c1-28-18-21-36-37-22-19-30(29-20-23-42-39(25-29)35-14-7-8-16-40(35)45(42)32-11-3-2-4-12-32)27-44(37)46(43(36)24-28)41-17-9-15-34-33-13-6-5-10-31(33)26-38(34)41/h2-25,27H,26H2,1H3. The maximum atomic E-state index is 2.52. The minimum absolute atomic E-state index is 0.955. The van der Waals surface area contributed by atoms with Crippen LogP contribution in [0.25, 0.3) is 77.2 Å². The molecule has 0 atom stereocenters. The summed E-state index contributed by atoms with van der Waals surface area (Å²) in [4.78, 5) is 0. The van der Waals surface area contributed by atoms with Gasteiger partial charge in [-0.3, -0.25) is 0 Å². The molecule has 46 heavy (non-hydrogen) atoms. The van der Waals surface area contributed by atoms with E-state index in [-0.39, 0.29) is 0 Å². The predicted octanol–water partition coefficient (Wildman–Crippen LogP) is 11.4. The minimum atomic E-state index is 0.955. The summed E-state index contributed by atoms with van der Waals surface area (Å²) >= 11 is 0. The Bertz CT molecular complexity index is 2670. The highest BCUT2D eigenvalue weighted by atomic mass is 15.0. The van der Waals surface area contributed by atoms with E-state index in [0.717, 1.165) is 6.42 Å². The van der Waals surface area contributed by atoms with Crippen molar-refractivity contribution in [1.82, 2.24) is 9.13 Å². The molecule has 0 amide bonds. The summed E-state index contributed by atoms with van der Waals surface area (Å²) in [5.41, 5.74) is 16.7. The van der Waals surface area contributed by atoms with Crippen molar-refractivity contribution in [1.29, 1.82) is 0 Å². The van der Waals surface area contributed by atoms with E-state index in [2.05, 4.69) is 168 Å². The first-order chi connectivity index (χ1) is 22.7. The van der Waals surface area contributed by atoms with Crippen LogP contribution < -0.4 is 0 Å². The summed E-state index contributed by atoms with van der Waals surface area (Å²) in [5, 5.41) is 5.12. The molecule has 9 aromatic rings. The summed E-state index contributed by atoms with van der Waals surface area (Å²) in [6, 6.07) is 56.0. The van der Waals surface area contributed by atoms with Crippen LogP contribution in [0.2, 0.25) is 0 Å². The molecule has 216 valence electrons. The van der Waals surface area contributed by atoms with Crippen LogP contribution in [0.1, 0.15) is 16.7 Å². The average molecular weight is 587 g/mol. The van der Waals surface area contributed by atoms with Gasteiger partial charge in [0, 0.05) is 33.7 Å². The van der Waals surface area contributed by atoms with Crippen molar-refractivity contribution in [3.63, 3.8) is 0 Å². The highest BCUT2D eigenvalue weighted by molar-refractivity contribution is 6.12. The van der Waals surface area contributed by atoms with Crippen LogP contribution >= 0.6 is 0 Å². The van der Waals surface area contributed by atoms with Crippen molar-refractivity contribution in [2.24, 2.45) is 0 Å². The van der Waals surface area contributed by atoms with Crippen LogP contribution in [0, 0.1) is 6.92 Å². The molecule has 2 heterocycles. The number of para-hydroxylation sites is 2. The second-order valence-corrected chi connectivity index (χ2v) is 12.6. The fourth-order valence-corrected chi connectivity index (χ4v) is 7.93. The van der Waals surface area contributed by atoms with Gasteiger partial charge in [0.05, 0.1) is 27.8 Å². The van der Waals surface area contributed by atoms with Gasteiger partial charge in [0.2, 0.25) is 0 Å². The lowest BCUT2D eigenvalue weighted by Crippen LogP contribution is -1.99. The first-order valence-electron chi connectivity index (χ1n) is 16.1. The Morgan fingerprint density at radius 3 is 2.02 bits per heavy atom. The molecule has 7 aromatic carbocycles. The number of nitrogens with zero attached hydrogens (tertiary/aromatic N) is 2. The lowest BCUT2D eigenvalue weighted by Gasteiger charge is -2.14. The molecular formula is C44H30N2. The van der Waals surface area contributed by atoms with E-state index in [9.17, 15) is 0 Å². The molecule has 2 aromatic heterocycles. The van der Waals surface area contributed by atoms with Crippen LogP contribution in [-0.2, 0) is 6.42 Å². The van der Waals surface area contributed by atoms with Gasteiger partial charge in [0.1, 0.15) is 0 Å². The van der Waals surface area contributed by atoms with Crippen LogP contribution in [0.15, 0.2) is 152 Å². The molecule has 1 aliphatic carbocycles. The molecule has 0 fully saturated rings. The topological polar surface area (TPSA) is 9.86 Å². The molecule has 2 heteroatoms. The maximum Gasteiger partial charge on any atom is 0.0547 e. The second kappa shape index (κ2) is 9.57. The van der Waals surface area contributed by atoms with E-state index >= 15 is 0 Å². The van der Waals surface area contributed by atoms with Crippen LogP contribution in [0.5, 0.6) is 0 Å². The summed E-state index contributed by atoms with van der Waals surface area (Å²) < 4.78 is 4.90. The van der Waals surface area contributed by atoms with E-state index in [1.54, 1.807) is 0 Å². The highest BCUT2D eigenvalue weighted by Gasteiger charge is 2.24. The average Bonchev–Trinajstić information content (AvgIpc) is 3.75. The number of aryl methyl sites for hydroxylation is 1. The second-order valence-electron chi connectivity index (χ2n) is 12.6. The number of rotatable bonds is 3. The monoisotopic (exact) mass is 586 g/mol. The van der Waals surface area contributed by atoms with Crippen molar-refractivity contribution in [3.05, 3.63) is 168 Å². The summed E-state index contributed by atoms with van der Waals surface area (Å²) in [7, 11) is 0. The van der Waals surface area contributed by atoms with Crippen LogP contribution in [0.4, 0.5) is 0 Å². The largest absolute Gasteiger partial charge is 0.309 e.